The number of amides is 1. The molecule has 1 amide bonds. The van der Waals surface area contributed by atoms with Gasteiger partial charge in [0, 0.05) is 49.1 Å². The average Bonchev–Trinajstić information content (AvgIpc) is 3.42. The Kier molecular flexibility index (Phi) is 6.07. The van der Waals surface area contributed by atoms with Crippen molar-refractivity contribution >= 4 is 17.2 Å². The quantitative estimate of drug-likeness (QED) is 0.612. The highest BCUT2D eigenvalue weighted by Gasteiger charge is 2.29. The molecule has 2 aromatic heterocycles. The third-order valence-corrected chi connectivity index (χ3v) is 6.55. The lowest BCUT2D eigenvalue weighted by Gasteiger charge is -2.37. The van der Waals surface area contributed by atoms with Gasteiger partial charge in [0.1, 0.15) is 11.8 Å². The van der Waals surface area contributed by atoms with Gasteiger partial charge in [-0.2, -0.15) is 5.26 Å². The van der Waals surface area contributed by atoms with E-state index >= 15 is 0 Å². The third-order valence-electron chi connectivity index (χ3n) is 5.79. The van der Waals surface area contributed by atoms with Gasteiger partial charge in [0.15, 0.2) is 5.13 Å². The third kappa shape index (κ3) is 4.07. The van der Waals surface area contributed by atoms with E-state index < -0.39 is 0 Å². The minimum Gasteiger partial charge on any atom is -0.497 e. The van der Waals surface area contributed by atoms with E-state index in [1.54, 1.807) is 24.6 Å². The Bertz CT molecular complexity index is 1090. The SMILES string of the molecule is COc1ccc(C(C#N)N2CCN(C(=O)c3cc(C)n(-c4nccs4)c3C)CC2)cc1. The van der Waals surface area contributed by atoms with E-state index in [1.807, 2.05) is 59.0 Å². The number of rotatable bonds is 5. The van der Waals surface area contributed by atoms with Crippen LogP contribution < -0.4 is 4.74 Å². The van der Waals surface area contributed by atoms with Gasteiger partial charge < -0.3 is 9.64 Å². The predicted molar refractivity (Wildman–Crippen MR) is 120 cm³/mol. The molecule has 1 unspecified atom stereocenters. The molecular formula is C23H25N5O2S. The molecule has 0 N–H and O–H groups in total. The van der Waals surface area contributed by atoms with Gasteiger partial charge >= 0.3 is 0 Å². The van der Waals surface area contributed by atoms with E-state index in [0.717, 1.165) is 27.8 Å². The Balaban J connectivity index is 1.45. The molecule has 1 fully saturated rings. The van der Waals surface area contributed by atoms with Gasteiger partial charge in [-0.15, -0.1) is 11.3 Å². The maximum absolute atomic E-state index is 13.2. The zero-order chi connectivity index (χ0) is 22.0. The summed E-state index contributed by atoms with van der Waals surface area (Å²) in [7, 11) is 1.63. The van der Waals surface area contributed by atoms with E-state index in [1.165, 1.54) is 0 Å². The van der Waals surface area contributed by atoms with Gasteiger partial charge in [0.2, 0.25) is 0 Å². The van der Waals surface area contributed by atoms with Crippen molar-refractivity contribution in [3.63, 3.8) is 0 Å². The number of nitrogens with zero attached hydrogens (tertiary/aromatic N) is 5. The zero-order valence-corrected chi connectivity index (χ0v) is 18.7. The van der Waals surface area contributed by atoms with Crippen LogP contribution in [-0.2, 0) is 0 Å². The largest absolute Gasteiger partial charge is 0.497 e. The van der Waals surface area contributed by atoms with Crippen LogP contribution in [0.2, 0.25) is 0 Å². The number of aryl methyl sites for hydroxylation is 1. The number of nitriles is 1. The molecule has 0 spiro atoms. The number of ether oxygens (including phenoxy) is 1. The summed E-state index contributed by atoms with van der Waals surface area (Å²) in [6, 6.07) is 11.6. The van der Waals surface area contributed by atoms with Crippen molar-refractivity contribution in [2.45, 2.75) is 19.9 Å². The lowest BCUT2D eigenvalue weighted by Crippen LogP contribution is -2.49. The van der Waals surface area contributed by atoms with Crippen molar-refractivity contribution in [2.75, 3.05) is 33.3 Å². The number of hydrogen-bond acceptors (Lipinski definition) is 6. The number of thiazole rings is 1. The van der Waals surface area contributed by atoms with E-state index in [0.29, 0.717) is 31.7 Å². The number of carbonyl (C=O) groups excluding carboxylic acids is 1. The smallest absolute Gasteiger partial charge is 0.255 e. The first-order valence-electron chi connectivity index (χ1n) is 10.2. The monoisotopic (exact) mass is 435 g/mol. The number of hydrogen-bond donors (Lipinski definition) is 0. The zero-order valence-electron chi connectivity index (χ0n) is 17.9. The van der Waals surface area contributed by atoms with Crippen LogP contribution in [0, 0.1) is 25.2 Å². The minimum absolute atomic E-state index is 0.0357. The van der Waals surface area contributed by atoms with E-state index in [4.69, 9.17) is 4.74 Å². The summed E-state index contributed by atoms with van der Waals surface area (Å²) in [5.41, 5.74) is 3.56. The number of methoxy groups -OCH3 is 1. The van der Waals surface area contributed by atoms with Crippen LogP contribution in [0.5, 0.6) is 5.75 Å². The van der Waals surface area contributed by atoms with Crippen LogP contribution in [-0.4, -0.2) is 58.5 Å². The molecule has 0 bridgehead atoms. The van der Waals surface area contributed by atoms with Gasteiger partial charge in [0.05, 0.1) is 18.7 Å². The van der Waals surface area contributed by atoms with Crippen molar-refractivity contribution in [1.82, 2.24) is 19.4 Å². The molecule has 0 aliphatic carbocycles. The Labute approximate surface area is 186 Å². The fourth-order valence-electron chi connectivity index (χ4n) is 4.11. The Morgan fingerprint density at radius 2 is 1.90 bits per heavy atom. The van der Waals surface area contributed by atoms with Gasteiger partial charge in [-0.3, -0.25) is 14.3 Å². The summed E-state index contributed by atoms with van der Waals surface area (Å²) in [6.45, 7) is 6.45. The molecule has 160 valence electrons. The highest BCUT2D eigenvalue weighted by molar-refractivity contribution is 7.12. The van der Waals surface area contributed by atoms with Gasteiger partial charge in [-0.25, -0.2) is 4.98 Å². The maximum atomic E-state index is 13.2. The number of carbonyl (C=O) groups is 1. The minimum atomic E-state index is -0.335. The second kappa shape index (κ2) is 8.92. The maximum Gasteiger partial charge on any atom is 0.255 e. The number of aromatic nitrogens is 2. The number of benzene rings is 1. The predicted octanol–water partition coefficient (Wildman–Crippen LogP) is 3.58. The number of piperazine rings is 1. The molecule has 1 saturated heterocycles. The van der Waals surface area contributed by atoms with E-state index in [2.05, 4.69) is 16.0 Å². The summed E-state index contributed by atoms with van der Waals surface area (Å²) in [6.07, 6.45) is 1.77. The van der Waals surface area contributed by atoms with Gasteiger partial charge in [-0.1, -0.05) is 12.1 Å². The molecule has 31 heavy (non-hydrogen) atoms. The van der Waals surface area contributed by atoms with Crippen molar-refractivity contribution < 1.29 is 9.53 Å². The van der Waals surface area contributed by atoms with Gasteiger partial charge in [-0.05, 0) is 37.6 Å². The van der Waals surface area contributed by atoms with Crippen LogP contribution in [0.4, 0.5) is 0 Å². The van der Waals surface area contributed by atoms with Crippen molar-refractivity contribution in [3.05, 3.63) is 64.4 Å². The second-order valence-electron chi connectivity index (χ2n) is 7.57. The standard InChI is InChI=1S/C23H25N5O2S/c1-16-14-20(17(2)28(16)23-25-8-13-31-23)22(29)27-11-9-26(10-12-27)21(15-24)18-4-6-19(30-3)7-5-18/h4-8,13-14,21H,9-12H2,1-3H3. The highest BCUT2D eigenvalue weighted by atomic mass is 32.1. The molecule has 1 aliphatic rings. The molecule has 3 aromatic rings. The van der Waals surface area contributed by atoms with Gasteiger partial charge in [0.25, 0.3) is 5.91 Å². The Morgan fingerprint density at radius 1 is 1.19 bits per heavy atom. The summed E-state index contributed by atoms with van der Waals surface area (Å²) in [5, 5.41) is 12.6. The lowest BCUT2D eigenvalue weighted by molar-refractivity contribution is 0.0605. The molecule has 1 atom stereocenters. The summed E-state index contributed by atoms with van der Waals surface area (Å²) >= 11 is 1.55. The molecule has 0 saturated carbocycles. The topological polar surface area (TPSA) is 74.4 Å². The molecule has 7 nitrogen and oxygen atoms in total. The molecule has 1 aliphatic heterocycles. The lowest BCUT2D eigenvalue weighted by atomic mass is 10.1. The fourth-order valence-corrected chi connectivity index (χ4v) is 4.86. The molecule has 3 heterocycles. The fraction of sp³-hybridized carbons (Fsp3) is 0.348. The first kappa shape index (κ1) is 21.1. The van der Waals surface area contributed by atoms with E-state index in [-0.39, 0.29) is 11.9 Å². The molecule has 8 heteroatoms. The highest BCUT2D eigenvalue weighted by Crippen LogP contribution is 2.26. The van der Waals surface area contributed by atoms with Crippen LogP contribution in [0.3, 0.4) is 0 Å². The molecule has 1 aromatic carbocycles. The first-order chi connectivity index (χ1) is 15.0. The average molecular weight is 436 g/mol. The van der Waals surface area contributed by atoms with Crippen molar-refractivity contribution in [1.29, 1.82) is 5.26 Å². The van der Waals surface area contributed by atoms with Crippen molar-refractivity contribution in [3.8, 4) is 17.0 Å². The summed E-state index contributed by atoms with van der Waals surface area (Å²) in [5.74, 6) is 0.805. The normalized spacial score (nSPS) is 15.5. The van der Waals surface area contributed by atoms with Crippen LogP contribution in [0.15, 0.2) is 41.9 Å². The molecule has 4 rings (SSSR count). The summed E-state index contributed by atoms with van der Waals surface area (Å²) < 4.78 is 7.24. The summed E-state index contributed by atoms with van der Waals surface area (Å²) in [4.78, 5) is 21.6. The first-order valence-corrected chi connectivity index (χ1v) is 11.1. The van der Waals surface area contributed by atoms with Crippen LogP contribution in [0.1, 0.15) is 33.4 Å². The Hall–Kier alpha value is -3.15. The van der Waals surface area contributed by atoms with E-state index in [9.17, 15) is 10.1 Å². The van der Waals surface area contributed by atoms with Crippen molar-refractivity contribution in [2.24, 2.45) is 0 Å². The van der Waals surface area contributed by atoms with Crippen LogP contribution >= 0.6 is 11.3 Å². The molecule has 0 radical (unpaired) electrons. The molecular weight excluding hydrogens is 410 g/mol. The second-order valence-corrected chi connectivity index (χ2v) is 8.44. The van der Waals surface area contributed by atoms with Crippen LogP contribution in [0.25, 0.3) is 5.13 Å². The Morgan fingerprint density at radius 3 is 2.48 bits per heavy atom.